The standard InChI is InChI=1S/C4H2O4.Li.H/c5-1-2(6)4(8)3(1)7;;/h5-6H;;. The van der Waals surface area contributed by atoms with Crippen LogP contribution in [-0.2, 0) is 0 Å². The zero-order valence-electron chi connectivity index (χ0n) is 3.71. The summed E-state index contributed by atoms with van der Waals surface area (Å²) in [5.41, 5.74) is -2.02. The van der Waals surface area contributed by atoms with Crippen LogP contribution in [0.25, 0.3) is 0 Å². The maximum atomic E-state index is 9.95. The van der Waals surface area contributed by atoms with Gasteiger partial charge in [0.05, 0.1) is 0 Å². The minimum atomic E-state index is -1.01. The van der Waals surface area contributed by atoms with Gasteiger partial charge in [-0.2, -0.15) is 0 Å². The molecule has 1 aromatic carbocycles. The average Bonchev–Trinajstić information content (AvgIpc) is 1.83. The van der Waals surface area contributed by atoms with Crippen LogP contribution in [0.1, 0.15) is 0 Å². The monoisotopic (exact) mass is 122 g/mol. The van der Waals surface area contributed by atoms with Gasteiger partial charge in [0.1, 0.15) is 0 Å². The third kappa shape index (κ3) is 0.868. The molecule has 0 spiro atoms. The van der Waals surface area contributed by atoms with Crippen molar-refractivity contribution < 1.29 is 10.2 Å². The van der Waals surface area contributed by atoms with Crippen molar-refractivity contribution in [3.8, 4) is 11.5 Å². The first-order chi connectivity index (χ1) is 3.64. The molecule has 0 aliphatic rings. The molecule has 0 bridgehead atoms. The molecule has 5 heteroatoms. The molecule has 9 heavy (non-hydrogen) atoms. The van der Waals surface area contributed by atoms with E-state index in [1.54, 1.807) is 0 Å². The Morgan fingerprint density at radius 1 is 0.889 bits per heavy atom. The van der Waals surface area contributed by atoms with E-state index in [-0.39, 0.29) is 18.9 Å². The molecule has 0 saturated carbocycles. The van der Waals surface area contributed by atoms with E-state index in [0.29, 0.717) is 0 Å². The van der Waals surface area contributed by atoms with Gasteiger partial charge in [-0.1, -0.05) is 0 Å². The van der Waals surface area contributed by atoms with Gasteiger partial charge in [-0.3, -0.25) is 9.59 Å². The molecule has 0 aliphatic carbocycles. The van der Waals surface area contributed by atoms with E-state index >= 15 is 0 Å². The first-order valence-electron chi connectivity index (χ1n) is 1.86. The van der Waals surface area contributed by atoms with E-state index in [2.05, 4.69) is 0 Å². The number of rotatable bonds is 0. The van der Waals surface area contributed by atoms with Crippen LogP contribution >= 0.6 is 0 Å². The zero-order chi connectivity index (χ0) is 6.31. The molecule has 0 saturated heterocycles. The van der Waals surface area contributed by atoms with Gasteiger partial charge < -0.3 is 10.2 Å². The van der Waals surface area contributed by atoms with Crippen LogP contribution in [0, 0.1) is 0 Å². The third-order valence-electron chi connectivity index (χ3n) is 0.861. The van der Waals surface area contributed by atoms with Gasteiger partial charge in [-0.05, 0) is 0 Å². The summed E-state index contributed by atoms with van der Waals surface area (Å²) in [4.78, 5) is 19.9. The Hall–Kier alpha value is -0.723. The molecule has 0 aliphatic heterocycles. The normalized spacial score (nSPS) is 8.89. The molecule has 4 nitrogen and oxygen atoms in total. The summed E-state index contributed by atoms with van der Waals surface area (Å²) >= 11 is 0. The molecular formula is C4H3LiO4. The zero-order valence-corrected chi connectivity index (χ0v) is 3.71. The van der Waals surface area contributed by atoms with Gasteiger partial charge in [0, 0.05) is 0 Å². The van der Waals surface area contributed by atoms with Crippen molar-refractivity contribution in [3.63, 3.8) is 0 Å². The fourth-order valence-corrected chi connectivity index (χ4v) is 0.368. The third-order valence-corrected chi connectivity index (χ3v) is 0.861. The molecule has 44 valence electrons. The van der Waals surface area contributed by atoms with Crippen LogP contribution in [0.4, 0.5) is 0 Å². The predicted molar refractivity (Wildman–Crippen MR) is 31.8 cm³/mol. The maximum absolute atomic E-state index is 9.95. The summed E-state index contributed by atoms with van der Waals surface area (Å²) in [7, 11) is 0. The summed E-state index contributed by atoms with van der Waals surface area (Å²) in [6.45, 7) is 0. The van der Waals surface area contributed by atoms with E-state index < -0.39 is 22.4 Å². The van der Waals surface area contributed by atoms with Crippen molar-refractivity contribution in [2.75, 3.05) is 0 Å². The number of aromatic hydroxyl groups is 2. The van der Waals surface area contributed by atoms with Gasteiger partial charge in [-0.15, -0.1) is 0 Å². The van der Waals surface area contributed by atoms with Crippen molar-refractivity contribution in [2.24, 2.45) is 0 Å². The van der Waals surface area contributed by atoms with Crippen molar-refractivity contribution in [3.05, 3.63) is 20.4 Å². The van der Waals surface area contributed by atoms with Crippen LogP contribution in [0.5, 0.6) is 11.5 Å². The van der Waals surface area contributed by atoms with Gasteiger partial charge in [-0.25, -0.2) is 0 Å². The van der Waals surface area contributed by atoms with E-state index in [0.717, 1.165) is 0 Å². The van der Waals surface area contributed by atoms with E-state index in [1.807, 2.05) is 0 Å². The molecule has 0 unspecified atom stereocenters. The predicted octanol–water partition coefficient (Wildman–Crippen LogP) is -1.95. The summed E-state index contributed by atoms with van der Waals surface area (Å²) in [6.07, 6.45) is 0. The van der Waals surface area contributed by atoms with Gasteiger partial charge in [0.2, 0.25) is 11.5 Å². The van der Waals surface area contributed by atoms with Crippen LogP contribution in [0.3, 0.4) is 0 Å². The molecule has 0 fully saturated rings. The average molecular weight is 122 g/mol. The molecule has 2 N–H and O–H groups in total. The van der Waals surface area contributed by atoms with Crippen LogP contribution in [-0.4, -0.2) is 29.1 Å². The molecule has 1 aromatic rings. The Kier molecular flexibility index (Phi) is 2.07. The van der Waals surface area contributed by atoms with Crippen molar-refractivity contribution >= 4 is 18.9 Å². The number of hydrogen-bond donors (Lipinski definition) is 2. The molecule has 0 heterocycles. The van der Waals surface area contributed by atoms with Gasteiger partial charge in [0.15, 0.2) is 0 Å². The van der Waals surface area contributed by atoms with E-state index in [1.165, 1.54) is 0 Å². The quantitative estimate of drug-likeness (QED) is 0.309. The fourth-order valence-electron chi connectivity index (χ4n) is 0.368. The second-order valence-corrected chi connectivity index (χ2v) is 1.36. The summed E-state index contributed by atoms with van der Waals surface area (Å²) in [5, 5.41) is 16.4. The summed E-state index contributed by atoms with van der Waals surface area (Å²) in [5.74, 6) is -1.65. The van der Waals surface area contributed by atoms with Crippen LogP contribution in [0.2, 0.25) is 0 Å². The molecular weight excluding hydrogens is 119 g/mol. The Morgan fingerprint density at radius 3 is 1.22 bits per heavy atom. The molecule has 0 radical (unpaired) electrons. The van der Waals surface area contributed by atoms with Crippen LogP contribution < -0.4 is 10.9 Å². The minimum absolute atomic E-state index is 0. The first-order valence-corrected chi connectivity index (χ1v) is 1.86. The Morgan fingerprint density at radius 2 is 1.11 bits per heavy atom. The molecule has 0 aromatic heterocycles. The molecule has 0 amide bonds. The SMILES string of the molecule is O=c1c(O)c(O)c1=O.[LiH]. The topological polar surface area (TPSA) is 74.6 Å². The Bertz CT molecular complexity index is 253. The van der Waals surface area contributed by atoms with Crippen molar-refractivity contribution in [2.45, 2.75) is 0 Å². The molecule has 1 rings (SSSR count). The Labute approximate surface area is 61.6 Å². The number of hydrogen-bond acceptors (Lipinski definition) is 4. The second-order valence-electron chi connectivity index (χ2n) is 1.36. The first kappa shape index (κ1) is 8.28. The van der Waals surface area contributed by atoms with E-state index in [4.69, 9.17) is 10.2 Å². The van der Waals surface area contributed by atoms with Crippen molar-refractivity contribution in [1.29, 1.82) is 0 Å². The van der Waals surface area contributed by atoms with Gasteiger partial charge >= 0.3 is 18.9 Å². The second kappa shape index (κ2) is 2.25. The summed E-state index contributed by atoms with van der Waals surface area (Å²) < 4.78 is 0. The summed E-state index contributed by atoms with van der Waals surface area (Å²) in [6, 6.07) is 0. The van der Waals surface area contributed by atoms with Crippen LogP contribution in [0.15, 0.2) is 9.59 Å². The van der Waals surface area contributed by atoms with Gasteiger partial charge in [0.25, 0.3) is 10.9 Å². The Balaban J connectivity index is 0.000000640. The molecule has 0 atom stereocenters. The van der Waals surface area contributed by atoms with Crippen molar-refractivity contribution in [1.82, 2.24) is 0 Å². The van der Waals surface area contributed by atoms with E-state index in [9.17, 15) is 9.59 Å². The fraction of sp³-hybridized carbons (Fsp3) is 0.